The van der Waals surface area contributed by atoms with Gasteiger partial charge < -0.3 is 9.64 Å². The topological polar surface area (TPSA) is 71.0 Å². The molecule has 1 aliphatic heterocycles. The smallest absolute Gasteiger partial charge is 0.271 e. The van der Waals surface area contributed by atoms with Crippen LogP contribution in [0, 0.1) is 0 Å². The fourth-order valence-electron chi connectivity index (χ4n) is 3.87. The van der Waals surface area contributed by atoms with E-state index < -0.39 is 0 Å². The zero-order valence-electron chi connectivity index (χ0n) is 20.3. The van der Waals surface area contributed by atoms with Crippen molar-refractivity contribution in [2.24, 2.45) is 5.10 Å². The molecule has 7 heteroatoms. The van der Waals surface area contributed by atoms with Gasteiger partial charge in [-0.3, -0.25) is 9.59 Å². The first-order valence-electron chi connectivity index (χ1n) is 12.2. The lowest BCUT2D eigenvalue weighted by molar-refractivity contribution is -0.134. The zero-order valence-corrected chi connectivity index (χ0v) is 21.1. The fourth-order valence-corrected chi connectivity index (χ4v) is 4.83. The van der Waals surface area contributed by atoms with Gasteiger partial charge in [-0.05, 0) is 72.4 Å². The minimum Gasteiger partial charge on any atom is -0.484 e. The molecule has 0 atom stereocenters. The Morgan fingerprint density at radius 3 is 2.22 bits per heavy atom. The van der Waals surface area contributed by atoms with Crippen molar-refractivity contribution < 1.29 is 14.3 Å². The number of benzene rings is 3. The van der Waals surface area contributed by atoms with Gasteiger partial charge in [-0.2, -0.15) is 16.9 Å². The van der Waals surface area contributed by atoms with Crippen LogP contribution in [0.2, 0.25) is 0 Å². The first-order valence-corrected chi connectivity index (χ1v) is 13.4. The van der Waals surface area contributed by atoms with Gasteiger partial charge in [0.25, 0.3) is 11.8 Å². The summed E-state index contributed by atoms with van der Waals surface area (Å²) < 4.78 is 5.63. The molecule has 0 radical (unpaired) electrons. The summed E-state index contributed by atoms with van der Waals surface area (Å²) in [5, 5.41) is 4.06. The maximum atomic E-state index is 12.4. The molecule has 1 saturated heterocycles. The number of ether oxygens (including phenoxy) is 1. The quantitative estimate of drug-likeness (QED) is 0.303. The van der Waals surface area contributed by atoms with Crippen molar-refractivity contribution in [2.45, 2.75) is 30.8 Å². The summed E-state index contributed by atoms with van der Waals surface area (Å²) in [4.78, 5) is 26.5. The number of nitrogens with one attached hydrogen (secondary N) is 1. The Morgan fingerprint density at radius 2 is 1.53 bits per heavy atom. The van der Waals surface area contributed by atoms with E-state index >= 15 is 0 Å². The van der Waals surface area contributed by atoms with E-state index in [2.05, 4.69) is 34.8 Å². The van der Waals surface area contributed by atoms with Crippen LogP contribution >= 0.6 is 11.8 Å². The van der Waals surface area contributed by atoms with Crippen LogP contribution < -0.4 is 10.2 Å². The average Bonchev–Trinajstić information content (AvgIpc) is 2.94. The Labute approximate surface area is 216 Å². The Bertz CT molecular complexity index is 1140. The summed E-state index contributed by atoms with van der Waals surface area (Å²) in [6.07, 6.45) is 4.90. The molecule has 1 fully saturated rings. The van der Waals surface area contributed by atoms with Gasteiger partial charge in [0, 0.05) is 30.2 Å². The van der Waals surface area contributed by atoms with Crippen molar-refractivity contribution in [3.63, 3.8) is 0 Å². The van der Waals surface area contributed by atoms with Crippen LogP contribution in [0.1, 0.15) is 46.3 Å². The largest absolute Gasteiger partial charge is 0.484 e. The third kappa shape index (κ3) is 7.99. The summed E-state index contributed by atoms with van der Waals surface area (Å²) in [7, 11) is 0. The van der Waals surface area contributed by atoms with Crippen LogP contribution in [-0.2, 0) is 16.3 Å². The highest BCUT2D eigenvalue weighted by Gasteiger charge is 2.16. The van der Waals surface area contributed by atoms with Crippen molar-refractivity contribution in [1.82, 2.24) is 10.3 Å². The number of likely N-dealkylation sites (tertiary alicyclic amines) is 1. The molecule has 3 aromatic rings. The molecular formula is C29H31N3O3S. The normalized spacial score (nSPS) is 13.5. The Hall–Kier alpha value is -3.58. The first-order chi connectivity index (χ1) is 17.7. The highest BCUT2D eigenvalue weighted by Crippen LogP contribution is 2.18. The van der Waals surface area contributed by atoms with E-state index in [1.807, 2.05) is 59.1 Å². The zero-order chi connectivity index (χ0) is 25.0. The Kier molecular flexibility index (Phi) is 9.56. The third-order valence-corrected chi connectivity index (χ3v) is 7.00. The number of nitrogens with zero attached hydrogens (tertiary/aromatic N) is 2. The fraction of sp³-hybridized carbons (Fsp3) is 0.276. The van der Waals surface area contributed by atoms with Crippen molar-refractivity contribution >= 4 is 29.8 Å². The lowest BCUT2D eigenvalue weighted by atomic mass is 10.1. The lowest BCUT2D eigenvalue weighted by Crippen LogP contribution is -2.38. The van der Waals surface area contributed by atoms with E-state index in [9.17, 15) is 9.59 Å². The molecule has 0 unspecified atom stereocenters. The molecule has 186 valence electrons. The molecule has 1 N–H and O–H groups in total. The summed E-state index contributed by atoms with van der Waals surface area (Å²) >= 11 is 1.85. The summed E-state index contributed by atoms with van der Waals surface area (Å²) in [6.45, 7) is 1.69. The second kappa shape index (κ2) is 13.5. The summed E-state index contributed by atoms with van der Waals surface area (Å²) in [5.74, 6) is 2.25. The molecule has 0 saturated carbocycles. The molecule has 1 aliphatic rings. The van der Waals surface area contributed by atoms with E-state index in [1.165, 1.54) is 17.5 Å². The molecule has 3 aromatic carbocycles. The van der Waals surface area contributed by atoms with E-state index in [0.29, 0.717) is 11.3 Å². The molecule has 0 spiro atoms. The van der Waals surface area contributed by atoms with Crippen LogP contribution in [0.4, 0.5) is 0 Å². The number of carbonyl (C=O) groups is 2. The SMILES string of the molecule is O=C(N/N=C\c1ccc(OCC(=O)N2CCCCC2)cc1)c1ccc(CSCc2ccccc2)cc1. The number of hydrogen-bond donors (Lipinski definition) is 1. The van der Waals surface area contributed by atoms with Crippen LogP contribution in [0.25, 0.3) is 0 Å². The van der Waals surface area contributed by atoms with Gasteiger partial charge in [-0.15, -0.1) is 0 Å². The number of hydrazone groups is 1. The van der Waals surface area contributed by atoms with Crippen LogP contribution in [0.15, 0.2) is 84.0 Å². The molecule has 36 heavy (non-hydrogen) atoms. The molecule has 2 amide bonds. The second-order valence-electron chi connectivity index (χ2n) is 8.67. The van der Waals surface area contributed by atoms with Gasteiger partial charge in [0.1, 0.15) is 5.75 Å². The van der Waals surface area contributed by atoms with E-state index in [-0.39, 0.29) is 18.4 Å². The average molecular weight is 502 g/mol. The van der Waals surface area contributed by atoms with Gasteiger partial charge in [0.2, 0.25) is 0 Å². The van der Waals surface area contributed by atoms with Crippen molar-refractivity contribution in [2.75, 3.05) is 19.7 Å². The molecule has 0 bridgehead atoms. The minimum absolute atomic E-state index is 0.0297. The van der Waals surface area contributed by atoms with Gasteiger partial charge in [0.05, 0.1) is 6.21 Å². The Morgan fingerprint density at radius 1 is 0.861 bits per heavy atom. The summed E-state index contributed by atoms with van der Waals surface area (Å²) in [5.41, 5.74) is 6.43. The third-order valence-electron chi connectivity index (χ3n) is 5.93. The van der Waals surface area contributed by atoms with E-state index in [0.717, 1.165) is 43.0 Å². The maximum Gasteiger partial charge on any atom is 0.271 e. The van der Waals surface area contributed by atoms with Gasteiger partial charge in [-0.25, -0.2) is 5.43 Å². The van der Waals surface area contributed by atoms with Crippen molar-refractivity contribution in [3.8, 4) is 5.75 Å². The first kappa shape index (κ1) is 25.5. The van der Waals surface area contributed by atoms with E-state index in [4.69, 9.17) is 4.74 Å². The molecule has 0 aliphatic carbocycles. The van der Waals surface area contributed by atoms with Crippen LogP contribution in [0.5, 0.6) is 5.75 Å². The minimum atomic E-state index is -0.258. The Balaban J connectivity index is 1.18. The second-order valence-corrected chi connectivity index (χ2v) is 9.66. The predicted molar refractivity (Wildman–Crippen MR) is 145 cm³/mol. The molecular weight excluding hydrogens is 470 g/mol. The van der Waals surface area contributed by atoms with E-state index in [1.54, 1.807) is 18.3 Å². The van der Waals surface area contributed by atoms with Crippen molar-refractivity contribution in [3.05, 3.63) is 101 Å². The number of piperidine rings is 1. The van der Waals surface area contributed by atoms with Crippen molar-refractivity contribution in [1.29, 1.82) is 0 Å². The predicted octanol–water partition coefficient (Wildman–Crippen LogP) is 5.28. The molecule has 4 rings (SSSR count). The number of amides is 2. The summed E-state index contributed by atoms with van der Waals surface area (Å²) in [6, 6.07) is 25.2. The number of rotatable bonds is 10. The highest BCUT2D eigenvalue weighted by atomic mass is 32.2. The lowest BCUT2D eigenvalue weighted by Gasteiger charge is -2.26. The molecule has 1 heterocycles. The number of thioether (sulfide) groups is 1. The monoisotopic (exact) mass is 501 g/mol. The standard InChI is InChI=1S/C29H31N3O3S/c33-28(32-17-5-2-6-18-32)20-35-27-15-11-23(12-16-27)19-30-31-29(34)26-13-9-25(10-14-26)22-36-21-24-7-3-1-4-8-24/h1,3-4,7-16,19H,2,5-6,17-18,20-22H2,(H,31,34)/b30-19-. The number of hydrogen-bond acceptors (Lipinski definition) is 5. The molecule has 6 nitrogen and oxygen atoms in total. The highest BCUT2D eigenvalue weighted by molar-refractivity contribution is 7.97. The van der Waals surface area contributed by atoms with Gasteiger partial charge >= 0.3 is 0 Å². The maximum absolute atomic E-state index is 12.4. The van der Waals surface area contributed by atoms with Gasteiger partial charge in [0.15, 0.2) is 6.61 Å². The number of carbonyl (C=O) groups excluding carboxylic acids is 2. The van der Waals surface area contributed by atoms with Gasteiger partial charge in [-0.1, -0.05) is 42.5 Å². The van der Waals surface area contributed by atoms with Crippen LogP contribution in [0.3, 0.4) is 0 Å². The van der Waals surface area contributed by atoms with Crippen LogP contribution in [-0.4, -0.2) is 42.6 Å². The molecule has 0 aromatic heterocycles.